The first-order valence-electron chi connectivity index (χ1n) is 9.46. The third kappa shape index (κ3) is 5.29. The summed E-state index contributed by atoms with van der Waals surface area (Å²) < 4.78 is 31.9. The molecule has 1 aliphatic heterocycles. The number of para-hydroxylation sites is 2. The molecule has 1 fully saturated rings. The Morgan fingerprint density at radius 3 is 2.45 bits per heavy atom. The van der Waals surface area contributed by atoms with Crippen LogP contribution in [0.4, 0.5) is 14.5 Å². The molecule has 1 heterocycles. The largest absolute Gasteiger partial charge is 0.492 e. The standard InChI is InChI=1S/C21H23F2N3O3/c1-2-29-19-6-4-3-5-18(19)24-20(27)14-25-9-11-26(12-10-25)21(28)15-7-8-16(22)17(23)13-15/h3-8,13H,2,9-12,14H2,1H3,(H,24,27). The average molecular weight is 403 g/mol. The quantitative estimate of drug-likeness (QED) is 0.806. The highest BCUT2D eigenvalue weighted by Crippen LogP contribution is 2.23. The van der Waals surface area contributed by atoms with Gasteiger partial charge >= 0.3 is 0 Å². The molecule has 2 aromatic rings. The Bertz CT molecular complexity index is 883. The lowest BCUT2D eigenvalue weighted by Crippen LogP contribution is -2.50. The van der Waals surface area contributed by atoms with Crippen LogP contribution in [0.25, 0.3) is 0 Å². The van der Waals surface area contributed by atoms with Crippen molar-refractivity contribution in [2.75, 3.05) is 44.6 Å². The van der Waals surface area contributed by atoms with E-state index < -0.39 is 11.6 Å². The molecule has 0 atom stereocenters. The van der Waals surface area contributed by atoms with Crippen LogP contribution in [0.1, 0.15) is 17.3 Å². The maximum atomic E-state index is 13.4. The molecule has 1 N–H and O–H groups in total. The second-order valence-electron chi connectivity index (χ2n) is 6.67. The number of carbonyl (C=O) groups is 2. The number of ether oxygens (including phenoxy) is 1. The number of amides is 2. The van der Waals surface area contributed by atoms with Gasteiger partial charge in [0.15, 0.2) is 11.6 Å². The van der Waals surface area contributed by atoms with E-state index in [-0.39, 0.29) is 23.9 Å². The van der Waals surface area contributed by atoms with Crippen LogP contribution in [0.3, 0.4) is 0 Å². The molecule has 29 heavy (non-hydrogen) atoms. The van der Waals surface area contributed by atoms with Gasteiger partial charge in [-0.25, -0.2) is 8.78 Å². The fourth-order valence-corrected chi connectivity index (χ4v) is 3.16. The molecular formula is C21H23F2N3O3. The van der Waals surface area contributed by atoms with Crippen LogP contribution >= 0.6 is 0 Å². The number of hydrogen-bond acceptors (Lipinski definition) is 4. The smallest absolute Gasteiger partial charge is 0.254 e. The lowest BCUT2D eigenvalue weighted by atomic mass is 10.1. The molecular weight excluding hydrogens is 380 g/mol. The first-order valence-corrected chi connectivity index (χ1v) is 9.46. The fourth-order valence-electron chi connectivity index (χ4n) is 3.16. The zero-order chi connectivity index (χ0) is 20.8. The van der Waals surface area contributed by atoms with Gasteiger partial charge in [0.2, 0.25) is 5.91 Å². The molecule has 0 bridgehead atoms. The summed E-state index contributed by atoms with van der Waals surface area (Å²) in [4.78, 5) is 28.3. The lowest BCUT2D eigenvalue weighted by Gasteiger charge is -2.34. The van der Waals surface area contributed by atoms with Crippen LogP contribution in [0, 0.1) is 11.6 Å². The summed E-state index contributed by atoms with van der Waals surface area (Å²) in [5.41, 5.74) is 0.731. The molecule has 0 aromatic heterocycles. The van der Waals surface area contributed by atoms with Gasteiger partial charge in [-0.1, -0.05) is 12.1 Å². The normalized spacial score (nSPS) is 14.5. The van der Waals surface area contributed by atoms with Crippen molar-refractivity contribution in [1.82, 2.24) is 9.80 Å². The van der Waals surface area contributed by atoms with Gasteiger partial charge in [-0.05, 0) is 37.3 Å². The van der Waals surface area contributed by atoms with Crippen LogP contribution in [-0.4, -0.2) is 60.9 Å². The van der Waals surface area contributed by atoms with E-state index in [2.05, 4.69) is 5.32 Å². The van der Waals surface area contributed by atoms with Crippen molar-refractivity contribution in [3.63, 3.8) is 0 Å². The van der Waals surface area contributed by atoms with Gasteiger partial charge in [-0.3, -0.25) is 14.5 Å². The maximum Gasteiger partial charge on any atom is 0.254 e. The van der Waals surface area contributed by atoms with E-state index in [0.717, 1.165) is 12.1 Å². The van der Waals surface area contributed by atoms with Gasteiger partial charge < -0.3 is 15.0 Å². The number of rotatable bonds is 6. The van der Waals surface area contributed by atoms with E-state index in [0.29, 0.717) is 44.2 Å². The Morgan fingerprint density at radius 1 is 1.03 bits per heavy atom. The summed E-state index contributed by atoms with van der Waals surface area (Å²) in [6, 6.07) is 10.4. The average Bonchev–Trinajstić information content (AvgIpc) is 2.72. The predicted molar refractivity (Wildman–Crippen MR) is 105 cm³/mol. The molecule has 8 heteroatoms. The fraction of sp³-hybridized carbons (Fsp3) is 0.333. The predicted octanol–water partition coefficient (Wildman–Crippen LogP) is 2.76. The topological polar surface area (TPSA) is 61.9 Å². The number of piperazine rings is 1. The molecule has 1 aliphatic rings. The van der Waals surface area contributed by atoms with Gasteiger partial charge in [-0.15, -0.1) is 0 Å². The van der Waals surface area contributed by atoms with Crippen molar-refractivity contribution in [2.24, 2.45) is 0 Å². The van der Waals surface area contributed by atoms with Gasteiger partial charge in [0, 0.05) is 31.7 Å². The molecule has 6 nitrogen and oxygen atoms in total. The molecule has 2 aromatic carbocycles. The van der Waals surface area contributed by atoms with E-state index in [9.17, 15) is 18.4 Å². The second kappa shape index (κ2) is 9.47. The van der Waals surface area contributed by atoms with E-state index in [1.165, 1.54) is 6.07 Å². The maximum absolute atomic E-state index is 13.4. The second-order valence-corrected chi connectivity index (χ2v) is 6.67. The lowest BCUT2D eigenvalue weighted by molar-refractivity contribution is -0.117. The molecule has 154 valence electrons. The molecule has 0 radical (unpaired) electrons. The third-order valence-corrected chi connectivity index (χ3v) is 4.65. The summed E-state index contributed by atoms with van der Waals surface area (Å²) in [7, 11) is 0. The van der Waals surface area contributed by atoms with Gasteiger partial charge in [-0.2, -0.15) is 0 Å². The minimum atomic E-state index is -1.04. The Balaban J connectivity index is 1.51. The van der Waals surface area contributed by atoms with Crippen LogP contribution in [0.2, 0.25) is 0 Å². The van der Waals surface area contributed by atoms with Crippen molar-refractivity contribution < 1.29 is 23.1 Å². The Hall–Kier alpha value is -3.00. The molecule has 0 saturated carbocycles. The number of carbonyl (C=O) groups excluding carboxylic acids is 2. The van der Waals surface area contributed by atoms with E-state index in [4.69, 9.17) is 4.74 Å². The van der Waals surface area contributed by atoms with Gasteiger partial charge in [0.1, 0.15) is 5.75 Å². The van der Waals surface area contributed by atoms with Crippen molar-refractivity contribution in [1.29, 1.82) is 0 Å². The Labute approximate surface area is 168 Å². The monoisotopic (exact) mass is 403 g/mol. The summed E-state index contributed by atoms with van der Waals surface area (Å²) in [5, 5.41) is 2.85. The number of nitrogens with one attached hydrogen (secondary N) is 1. The first kappa shape index (κ1) is 20.7. The van der Waals surface area contributed by atoms with Crippen molar-refractivity contribution in [2.45, 2.75) is 6.92 Å². The number of anilines is 1. The van der Waals surface area contributed by atoms with Crippen LogP contribution in [0.5, 0.6) is 5.75 Å². The minimum absolute atomic E-state index is 0.114. The number of nitrogens with zero attached hydrogens (tertiary/aromatic N) is 2. The molecule has 2 amide bonds. The minimum Gasteiger partial charge on any atom is -0.492 e. The Morgan fingerprint density at radius 2 is 1.76 bits per heavy atom. The van der Waals surface area contributed by atoms with Crippen molar-refractivity contribution in [3.05, 3.63) is 59.7 Å². The van der Waals surface area contributed by atoms with Crippen molar-refractivity contribution in [3.8, 4) is 5.75 Å². The zero-order valence-corrected chi connectivity index (χ0v) is 16.2. The molecule has 0 spiro atoms. The van der Waals surface area contributed by atoms with Crippen LogP contribution < -0.4 is 10.1 Å². The SMILES string of the molecule is CCOc1ccccc1NC(=O)CN1CCN(C(=O)c2ccc(F)c(F)c2)CC1. The van der Waals surface area contributed by atoms with E-state index in [1.807, 2.05) is 24.0 Å². The third-order valence-electron chi connectivity index (χ3n) is 4.65. The van der Waals surface area contributed by atoms with Gasteiger partial charge in [0.05, 0.1) is 18.8 Å². The zero-order valence-electron chi connectivity index (χ0n) is 16.2. The summed E-state index contributed by atoms with van der Waals surface area (Å²) in [6.07, 6.45) is 0. The molecule has 3 rings (SSSR count). The molecule has 1 saturated heterocycles. The summed E-state index contributed by atoms with van der Waals surface area (Å²) in [6.45, 7) is 4.39. The summed E-state index contributed by atoms with van der Waals surface area (Å²) in [5.74, 6) is -1.93. The number of benzene rings is 2. The molecule has 0 unspecified atom stereocenters. The van der Waals surface area contributed by atoms with Gasteiger partial charge in [0.25, 0.3) is 5.91 Å². The van der Waals surface area contributed by atoms with Crippen molar-refractivity contribution >= 4 is 17.5 Å². The van der Waals surface area contributed by atoms with E-state index in [1.54, 1.807) is 17.0 Å². The highest BCUT2D eigenvalue weighted by molar-refractivity contribution is 5.95. The highest BCUT2D eigenvalue weighted by Gasteiger charge is 2.24. The molecule has 0 aliphatic carbocycles. The number of halogens is 2. The van der Waals surface area contributed by atoms with Crippen LogP contribution in [0.15, 0.2) is 42.5 Å². The first-order chi connectivity index (χ1) is 14.0. The highest BCUT2D eigenvalue weighted by atomic mass is 19.2. The van der Waals surface area contributed by atoms with E-state index >= 15 is 0 Å². The Kier molecular flexibility index (Phi) is 6.77. The summed E-state index contributed by atoms with van der Waals surface area (Å²) >= 11 is 0. The van der Waals surface area contributed by atoms with Crippen LogP contribution in [-0.2, 0) is 4.79 Å². The number of hydrogen-bond donors (Lipinski definition) is 1.